The number of benzene rings is 1. The van der Waals surface area contributed by atoms with E-state index in [2.05, 4.69) is 10.6 Å². The van der Waals surface area contributed by atoms with Crippen molar-refractivity contribution in [2.45, 2.75) is 19.5 Å². The zero-order valence-corrected chi connectivity index (χ0v) is 14.3. The molecule has 0 atom stereocenters. The van der Waals surface area contributed by atoms with Crippen molar-refractivity contribution in [2.75, 3.05) is 39.1 Å². The molecule has 0 aromatic heterocycles. The fraction of sp³-hybridized carbons (Fsp3) is 0.533. The Balaban J connectivity index is 2.84. The lowest BCUT2D eigenvalue weighted by molar-refractivity contribution is -0.856. The van der Waals surface area contributed by atoms with Crippen molar-refractivity contribution in [3.8, 4) is 5.75 Å². The number of halogens is 3. The minimum absolute atomic E-state index is 0.211. The fourth-order valence-electron chi connectivity index (χ4n) is 1.73. The number of ether oxygens (including phenoxy) is 1. The average Bonchev–Trinajstić information content (AvgIpc) is 2.44. The Labute approximate surface area is 140 Å². The third-order valence-electron chi connectivity index (χ3n) is 2.93. The molecule has 130 valence electrons. The van der Waals surface area contributed by atoms with Crippen LogP contribution in [-0.2, 0) is 6.18 Å². The monoisotopic (exact) mass is 350 g/mol. The minimum Gasteiger partial charge on any atom is -0.491 e. The van der Waals surface area contributed by atoms with Crippen LogP contribution in [0.1, 0.15) is 18.9 Å². The lowest BCUT2D eigenvalue weighted by Gasteiger charge is -2.17. The third kappa shape index (κ3) is 7.04. The highest BCUT2D eigenvalue weighted by molar-refractivity contribution is 7.80. The van der Waals surface area contributed by atoms with Crippen LogP contribution >= 0.6 is 12.2 Å². The van der Waals surface area contributed by atoms with Gasteiger partial charge < -0.3 is 20.3 Å². The lowest BCUT2D eigenvalue weighted by Crippen LogP contribution is -3.06. The van der Waals surface area contributed by atoms with Crippen molar-refractivity contribution >= 4 is 23.0 Å². The number of hydrogen-bond acceptors (Lipinski definition) is 2. The van der Waals surface area contributed by atoms with Crippen LogP contribution in [0.2, 0.25) is 0 Å². The Kier molecular flexibility index (Phi) is 7.57. The van der Waals surface area contributed by atoms with Crippen LogP contribution in [0.5, 0.6) is 5.75 Å². The maximum absolute atomic E-state index is 12.9. The topological polar surface area (TPSA) is 37.7 Å². The summed E-state index contributed by atoms with van der Waals surface area (Å²) in [6, 6.07) is 3.33. The Hall–Kier alpha value is -1.54. The Morgan fingerprint density at radius 2 is 2.00 bits per heavy atom. The molecule has 1 aromatic carbocycles. The van der Waals surface area contributed by atoms with Crippen LogP contribution in [-0.4, -0.2) is 38.9 Å². The summed E-state index contributed by atoms with van der Waals surface area (Å²) in [5.74, 6) is 0.349. The molecule has 0 aliphatic heterocycles. The number of anilines is 1. The Bertz CT molecular complexity index is 521. The summed E-state index contributed by atoms with van der Waals surface area (Å²) < 4.78 is 44.1. The molecule has 0 radical (unpaired) electrons. The van der Waals surface area contributed by atoms with Gasteiger partial charge in [-0.3, -0.25) is 0 Å². The second-order valence-corrected chi connectivity index (χ2v) is 5.80. The van der Waals surface area contributed by atoms with E-state index in [1.54, 1.807) is 0 Å². The first-order chi connectivity index (χ1) is 10.7. The van der Waals surface area contributed by atoms with Crippen molar-refractivity contribution in [1.82, 2.24) is 5.32 Å². The smallest absolute Gasteiger partial charge is 0.416 e. The summed E-state index contributed by atoms with van der Waals surface area (Å²) in [4.78, 5) is 1.24. The number of quaternary nitrogens is 1. The first kappa shape index (κ1) is 19.5. The van der Waals surface area contributed by atoms with Crippen LogP contribution in [0.25, 0.3) is 0 Å². The summed E-state index contributed by atoms with van der Waals surface area (Å²) in [6.07, 6.45) is -3.65. The van der Waals surface area contributed by atoms with Gasteiger partial charge in [-0.2, -0.15) is 13.2 Å². The molecule has 0 fully saturated rings. The summed E-state index contributed by atoms with van der Waals surface area (Å²) in [6.45, 7) is 3.80. The predicted molar refractivity (Wildman–Crippen MR) is 89.1 cm³/mol. The molecule has 1 aromatic rings. The van der Waals surface area contributed by atoms with Crippen molar-refractivity contribution in [1.29, 1.82) is 0 Å². The highest BCUT2D eigenvalue weighted by Gasteiger charge is 2.31. The summed E-state index contributed by atoms with van der Waals surface area (Å²) >= 11 is 5.13. The van der Waals surface area contributed by atoms with Gasteiger partial charge in [0, 0.05) is 0 Å². The third-order valence-corrected chi connectivity index (χ3v) is 3.17. The number of rotatable bonds is 7. The number of hydrogen-bond donors (Lipinski definition) is 3. The van der Waals surface area contributed by atoms with Gasteiger partial charge in [-0.05, 0) is 36.8 Å². The van der Waals surface area contributed by atoms with Crippen LogP contribution in [0, 0.1) is 0 Å². The van der Waals surface area contributed by atoms with E-state index in [1.165, 1.54) is 11.0 Å². The van der Waals surface area contributed by atoms with E-state index in [0.29, 0.717) is 18.9 Å². The molecule has 1 rings (SSSR count). The molecule has 0 aliphatic rings. The molecule has 0 heterocycles. The van der Waals surface area contributed by atoms with Gasteiger partial charge in [0.05, 0.1) is 45.0 Å². The molecule has 0 bridgehead atoms. The maximum atomic E-state index is 12.9. The van der Waals surface area contributed by atoms with Gasteiger partial charge in [-0.1, -0.05) is 6.92 Å². The van der Waals surface area contributed by atoms with Gasteiger partial charge in [-0.15, -0.1) is 0 Å². The molecule has 0 saturated carbocycles. The molecular weight excluding hydrogens is 327 g/mol. The first-order valence-corrected chi connectivity index (χ1v) is 7.82. The molecular formula is C15H23F3N3OS+. The zero-order chi connectivity index (χ0) is 17.5. The summed E-state index contributed by atoms with van der Waals surface area (Å²) in [5.41, 5.74) is -0.535. The SMILES string of the molecule is CCCOc1ccc(C(F)(F)F)cc1NC(=S)NCC[NH+](C)C. The van der Waals surface area contributed by atoms with Crippen LogP contribution in [0.15, 0.2) is 18.2 Å². The molecule has 23 heavy (non-hydrogen) atoms. The predicted octanol–water partition coefficient (Wildman–Crippen LogP) is 1.93. The molecule has 8 heteroatoms. The molecule has 0 unspecified atom stereocenters. The van der Waals surface area contributed by atoms with E-state index >= 15 is 0 Å². The van der Waals surface area contributed by atoms with Gasteiger partial charge in [0.25, 0.3) is 0 Å². The number of thiocarbonyl (C=S) groups is 1. The molecule has 0 aliphatic carbocycles. The molecule has 0 spiro atoms. The van der Waals surface area contributed by atoms with Crippen LogP contribution in [0.4, 0.5) is 18.9 Å². The first-order valence-electron chi connectivity index (χ1n) is 7.42. The quantitative estimate of drug-likeness (QED) is 0.657. The summed E-state index contributed by atoms with van der Waals surface area (Å²) in [5, 5.41) is 6.03. The van der Waals surface area contributed by atoms with E-state index < -0.39 is 11.7 Å². The van der Waals surface area contributed by atoms with E-state index in [-0.39, 0.29) is 10.8 Å². The average molecular weight is 350 g/mol. The number of likely N-dealkylation sites (N-methyl/N-ethyl adjacent to an activating group) is 1. The zero-order valence-electron chi connectivity index (χ0n) is 13.5. The van der Waals surface area contributed by atoms with Crippen molar-refractivity contribution in [3.63, 3.8) is 0 Å². The van der Waals surface area contributed by atoms with E-state index in [0.717, 1.165) is 25.1 Å². The van der Waals surface area contributed by atoms with Gasteiger partial charge in [0.2, 0.25) is 0 Å². The highest BCUT2D eigenvalue weighted by Crippen LogP contribution is 2.35. The molecule has 0 saturated heterocycles. The molecule has 3 N–H and O–H groups in total. The second kappa shape index (κ2) is 8.93. The largest absolute Gasteiger partial charge is 0.491 e. The maximum Gasteiger partial charge on any atom is 0.416 e. The van der Waals surface area contributed by atoms with Crippen LogP contribution in [0.3, 0.4) is 0 Å². The second-order valence-electron chi connectivity index (χ2n) is 5.40. The van der Waals surface area contributed by atoms with Crippen molar-refractivity contribution in [2.24, 2.45) is 0 Å². The van der Waals surface area contributed by atoms with E-state index in [9.17, 15) is 13.2 Å². The van der Waals surface area contributed by atoms with Crippen molar-refractivity contribution < 1.29 is 22.8 Å². The number of alkyl halides is 3. The minimum atomic E-state index is -4.41. The number of nitrogens with one attached hydrogen (secondary N) is 3. The Morgan fingerprint density at radius 3 is 2.57 bits per heavy atom. The summed E-state index contributed by atoms with van der Waals surface area (Å²) in [7, 11) is 4.00. The molecule has 0 amide bonds. The van der Waals surface area contributed by atoms with Gasteiger partial charge >= 0.3 is 6.18 Å². The highest BCUT2D eigenvalue weighted by atomic mass is 32.1. The normalized spacial score (nSPS) is 11.4. The Morgan fingerprint density at radius 1 is 1.30 bits per heavy atom. The van der Waals surface area contributed by atoms with E-state index in [4.69, 9.17) is 17.0 Å². The van der Waals surface area contributed by atoms with Crippen LogP contribution < -0.4 is 20.3 Å². The van der Waals surface area contributed by atoms with Gasteiger partial charge in [0.1, 0.15) is 5.75 Å². The lowest BCUT2D eigenvalue weighted by atomic mass is 10.2. The van der Waals surface area contributed by atoms with Gasteiger partial charge in [-0.25, -0.2) is 0 Å². The van der Waals surface area contributed by atoms with Crippen molar-refractivity contribution in [3.05, 3.63) is 23.8 Å². The van der Waals surface area contributed by atoms with E-state index in [1.807, 2.05) is 21.0 Å². The van der Waals surface area contributed by atoms with Gasteiger partial charge in [0.15, 0.2) is 5.11 Å². The molecule has 4 nitrogen and oxygen atoms in total. The standard InChI is InChI=1S/C15H22F3N3OS/c1-4-9-22-13-6-5-11(15(16,17)18)10-12(13)20-14(23)19-7-8-21(2)3/h5-6,10H,4,7-9H2,1-3H3,(H2,19,20,23)/p+1. The fourth-order valence-corrected chi connectivity index (χ4v) is 1.95.